The zero-order valence-electron chi connectivity index (χ0n) is 12.3. The number of rotatable bonds is 5. The Hall–Kier alpha value is -1.85. The van der Waals surface area contributed by atoms with Crippen molar-refractivity contribution in [2.75, 3.05) is 6.26 Å². The lowest BCUT2D eigenvalue weighted by Crippen LogP contribution is -2.39. The number of carbonyl (C=O) groups excluding carboxylic acids is 1. The first-order valence-corrected chi connectivity index (χ1v) is 8.55. The first-order valence-electron chi connectivity index (χ1n) is 6.92. The van der Waals surface area contributed by atoms with E-state index in [1.165, 1.54) is 4.90 Å². The molecule has 0 aliphatic heterocycles. The number of nitrogens with one attached hydrogen (secondary N) is 2. The second kappa shape index (κ2) is 8.56. The van der Waals surface area contributed by atoms with Crippen LogP contribution in [0.5, 0.6) is 0 Å². The topological polar surface area (TPSA) is 41.1 Å². The molecule has 0 fully saturated rings. The lowest BCUT2D eigenvalue weighted by molar-refractivity contribution is -0.119. The molecule has 2 aromatic rings. The van der Waals surface area contributed by atoms with Gasteiger partial charge in [-0.05, 0) is 41.7 Å². The van der Waals surface area contributed by atoms with E-state index in [9.17, 15) is 4.79 Å². The Morgan fingerprint density at radius 2 is 1.73 bits per heavy atom. The average molecular weight is 330 g/mol. The summed E-state index contributed by atoms with van der Waals surface area (Å²) in [6.07, 6.45) is 2.37. The second-order valence-electron chi connectivity index (χ2n) is 4.74. The fraction of sp³-hybridized carbons (Fsp3) is 0.176. The van der Waals surface area contributed by atoms with Crippen LogP contribution in [-0.4, -0.2) is 17.3 Å². The van der Waals surface area contributed by atoms with E-state index in [4.69, 9.17) is 12.2 Å². The van der Waals surface area contributed by atoms with Crippen molar-refractivity contribution < 1.29 is 4.79 Å². The summed E-state index contributed by atoms with van der Waals surface area (Å²) >= 11 is 6.86. The maximum atomic E-state index is 11.9. The second-order valence-corrected chi connectivity index (χ2v) is 6.03. The molecule has 0 aliphatic carbocycles. The SMILES string of the molecule is CSc1ccc(CNC(=S)NC(=O)Cc2ccccc2)cc1. The van der Waals surface area contributed by atoms with E-state index in [2.05, 4.69) is 22.8 Å². The molecule has 5 heteroatoms. The minimum absolute atomic E-state index is 0.110. The molecule has 2 rings (SSSR count). The summed E-state index contributed by atoms with van der Waals surface area (Å²) < 4.78 is 0. The van der Waals surface area contributed by atoms with Crippen molar-refractivity contribution in [3.8, 4) is 0 Å². The molecule has 0 bridgehead atoms. The smallest absolute Gasteiger partial charge is 0.230 e. The van der Waals surface area contributed by atoms with Gasteiger partial charge in [0.15, 0.2) is 5.11 Å². The largest absolute Gasteiger partial charge is 0.358 e. The lowest BCUT2D eigenvalue weighted by atomic mass is 10.1. The summed E-state index contributed by atoms with van der Waals surface area (Å²) in [5, 5.41) is 6.10. The van der Waals surface area contributed by atoms with Gasteiger partial charge in [0.05, 0.1) is 6.42 Å². The Kier molecular flexibility index (Phi) is 6.43. The zero-order valence-corrected chi connectivity index (χ0v) is 14.0. The van der Waals surface area contributed by atoms with Gasteiger partial charge in [-0.25, -0.2) is 0 Å². The van der Waals surface area contributed by atoms with Gasteiger partial charge in [-0.3, -0.25) is 4.79 Å². The minimum Gasteiger partial charge on any atom is -0.358 e. The summed E-state index contributed by atoms with van der Waals surface area (Å²) in [5.74, 6) is -0.110. The van der Waals surface area contributed by atoms with E-state index in [0.717, 1.165) is 11.1 Å². The van der Waals surface area contributed by atoms with Gasteiger partial charge in [0.1, 0.15) is 0 Å². The molecule has 0 aromatic heterocycles. The Labute approximate surface area is 140 Å². The highest BCUT2D eigenvalue weighted by molar-refractivity contribution is 7.98. The van der Waals surface area contributed by atoms with Crippen LogP contribution >= 0.6 is 24.0 Å². The summed E-state index contributed by atoms with van der Waals surface area (Å²) in [6.45, 7) is 0.596. The van der Waals surface area contributed by atoms with Gasteiger partial charge < -0.3 is 10.6 Å². The fourth-order valence-corrected chi connectivity index (χ4v) is 2.52. The van der Waals surface area contributed by atoms with Crippen LogP contribution in [0.3, 0.4) is 0 Å². The molecule has 0 saturated carbocycles. The number of thioether (sulfide) groups is 1. The van der Waals surface area contributed by atoms with E-state index in [-0.39, 0.29) is 5.91 Å². The van der Waals surface area contributed by atoms with Crippen molar-refractivity contribution in [1.29, 1.82) is 0 Å². The predicted molar refractivity (Wildman–Crippen MR) is 95.9 cm³/mol. The Morgan fingerprint density at radius 1 is 1.05 bits per heavy atom. The zero-order chi connectivity index (χ0) is 15.8. The van der Waals surface area contributed by atoms with E-state index < -0.39 is 0 Å². The summed E-state index contributed by atoms with van der Waals surface area (Å²) in [5.41, 5.74) is 2.09. The molecule has 0 spiro atoms. The Morgan fingerprint density at radius 3 is 2.36 bits per heavy atom. The average Bonchev–Trinajstić information content (AvgIpc) is 2.54. The molecule has 0 heterocycles. The van der Waals surface area contributed by atoms with Gasteiger partial charge >= 0.3 is 0 Å². The molecule has 0 saturated heterocycles. The molecule has 0 aliphatic rings. The number of benzene rings is 2. The molecule has 3 nitrogen and oxygen atoms in total. The van der Waals surface area contributed by atoms with Crippen molar-refractivity contribution in [3.05, 3.63) is 65.7 Å². The van der Waals surface area contributed by atoms with Gasteiger partial charge in [0.2, 0.25) is 5.91 Å². The van der Waals surface area contributed by atoms with Crippen LogP contribution in [0, 0.1) is 0 Å². The van der Waals surface area contributed by atoms with Crippen LogP contribution in [0.15, 0.2) is 59.5 Å². The van der Waals surface area contributed by atoms with E-state index in [1.807, 2.05) is 48.7 Å². The van der Waals surface area contributed by atoms with Crippen LogP contribution in [0.4, 0.5) is 0 Å². The molecule has 1 amide bonds. The monoisotopic (exact) mass is 330 g/mol. The molecule has 0 atom stereocenters. The van der Waals surface area contributed by atoms with Gasteiger partial charge in [0, 0.05) is 11.4 Å². The van der Waals surface area contributed by atoms with Crippen molar-refractivity contribution in [3.63, 3.8) is 0 Å². The van der Waals surface area contributed by atoms with E-state index >= 15 is 0 Å². The van der Waals surface area contributed by atoms with Crippen LogP contribution < -0.4 is 10.6 Å². The van der Waals surface area contributed by atoms with E-state index in [1.54, 1.807) is 11.8 Å². The number of thiocarbonyl (C=S) groups is 1. The first kappa shape index (κ1) is 16.5. The Balaban J connectivity index is 1.76. The summed E-state index contributed by atoms with van der Waals surface area (Å²) in [6, 6.07) is 17.8. The number of carbonyl (C=O) groups is 1. The standard InChI is InChI=1S/C17H18N2OS2/c1-22-15-9-7-14(8-10-15)12-18-17(21)19-16(20)11-13-5-3-2-4-6-13/h2-10H,11-12H2,1H3,(H2,18,19,20,21). The molecule has 0 unspecified atom stereocenters. The quantitative estimate of drug-likeness (QED) is 0.653. The molecule has 2 N–H and O–H groups in total. The van der Waals surface area contributed by atoms with Crippen molar-refractivity contribution >= 4 is 35.0 Å². The fourth-order valence-electron chi connectivity index (χ4n) is 1.92. The van der Waals surface area contributed by atoms with Crippen LogP contribution in [-0.2, 0) is 17.8 Å². The third-order valence-electron chi connectivity index (χ3n) is 3.07. The van der Waals surface area contributed by atoms with Crippen molar-refractivity contribution in [2.24, 2.45) is 0 Å². The maximum absolute atomic E-state index is 11.9. The summed E-state index contributed by atoms with van der Waals surface area (Å²) in [4.78, 5) is 13.1. The molecule has 114 valence electrons. The highest BCUT2D eigenvalue weighted by Crippen LogP contribution is 2.14. The van der Waals surface area contributed by atoms with Gasteiger partial charge in [-0.15, -0.1) is 11.8 Å². The molecule has 22 heavy (non-hydrogen) atoms. The third kappa shape index (κ3) is 5.50. The van der Waals surface area contributed by atoms with Gasteiger partial charge in [0.25, 0.3) is 0 Å². The number of hydrogen-bond acceptors (Lipinski definition) is 3. The third-order valence-corrected chi connectivity index (χ3v) is 4.06. The molecular formula is C17H18N2OS2. The highest BCUT2D eigenvalue weighted by Gasteiger charge is 2.05. The first-order chi connectivity index (χ1) is 10.7. The van der Waals surface area contributed by atoms with Crippen LogP contribution in [0.2, 0.25) is 0 Å². The predicted octanol–water partition coefficient (Wildman–Crippen LogP) is 3.14. The normalized spacial score (nSPS) is 10.0. The minimum atomic E-state index is -0.110. The maximum Gasteiger partial charge on any atom is 0.230 e. The van der Waals surface area contributed by atoms with E-state index in [0.29, 0.717) is 18.1 Å². The van der Waals surface area contributed by atoms with Crippen molar-refractivity contribution in [2.45, 2.75) is 17.9 Å². The molecule has 2 aromatic carbocycles. The van der Waals surface area contributed by atoms with Gasteiger partial charge in [-0.1, -0.05) is 42.5 Å². The lowest BCUT2D eigenvalue weighted by Gasteiger charge is -2.10. The van der Waals surface area contributed by atoms with Gasteiger partial charge in [-0.2, -0.15) is 0 Å². The van der Waals surface area contributed by atoms with Crippen LogP contribution in [0.1, 0.15) is 11.1 Å². The summed E-state index contributed by atoms with van der Waals surface area (Å²) in [7, 11) is 0. The highest BCUT2D eigenvalue weighted by atomic mass is 32.2. The Bertz CT molecular complexity index is 627. The number of amides is 1. The molecular weight excluding hydrogens is 312 g/mol. The number of hydrogen-bond donors (Lipinski definition) is 2. The molecule has 0 radical (unpaired) electrons. The van der Waals surface area contributed by atoms with Crippen LogP contribution in [0.25, 0.3) is 0 Å². The van der Waals surface area contributed by atoms with Crippen molar-refractivity contribution in [1.82, 2.24) is 10.6 Å².